The van der Waals surface area contributed by atoms with Crippen molar-refractivity contribution in [3.8, 4) is 17.2 Å². The Morgan fingerprint density at radius 1 is 0.750 bits per heavy atom. The maximum Gasteiger partial charge on any atom is 0.308 e. The Kier molecular flexibility index (Phi) is 6.80. The molecule has 6 heteroatoms. The van der Waals surface area contributed by atoms with Crippen molar-refractivity contribution >= 4 is 29.2 Å². The number of halogens is 2. The van der Waals surface area contributed by atoms with E-state index in [0.717, 1.165) is 11.1 Å². The van der Waals surface area contributed by atoms with Gasteiger partial charge < -0.3 is 14.2 Å². The first kappa shape index (κ1) is 20.1. The minimum Gasteiger partial charge on any atom is -0.489 e. The lowest BCUT2D eigenvalue weighted by Gasteiger charge is -2.13. The van der Waals surface area contributed by atoms with Crippen molar-refractivity contribution in [1.82, 2.24) is 0 Å². The van der Waals surface area contributed by atoms with Gasteiger partial charge in [0.2, 0.25) is 0 Å². The number of carbonyl (C=O) groups is 1. The van der Waals surface area contributed by atoms with E-state index in [1.807, 2.05) is 36.4 Å². The fourth-order valence-corrected chi connectivity index (χ4v) is 2.87. The van der Waals surface area contributed by atoms with Crippen molar-refractivity contribution in [3.63, 3.8) is 0 Å². The lowest BCUT2D eigenvalue weighted by molar-refractivity contribution is -0.131. The van der Waals surface area contributed by atoms with E-state index >= 15 is 0 Å². The van der Waals surface area contributed by atoms with Crippen LogP contribution in [0, 0.1) is 0 Å². The second-order valence-electron chi connectivity index (χ2n) is 5.99. The van der Waals surface area contributed by atoms with Crippen molar-refractivity contribution in [2.75, 3.05) is 0 Å². The van der Waals surface area contributed by atoms with Crippen LogP contribution in [-0.4, -0.2) is 5.97 Å². The van der Waals surface area contributed by atoms with Crippen molar-refractivity contribution in [3.05, 3.63) is 87.9 Å². The van der Waals surface area contributed by atoms with Gasteiger partial charge in [-0.15, -0.1) is 0 Å². The minimum atomic E-state index is -0.430. The van der Waals surface area contributed by atoms with Gasteiger partial charge in [-0.2, -0.15) is 0 Å². The summed E-state index contributed by atoms with van der Waals surface area (Å²) in [5, 5.41) is 1.24. The Hall–Kier alpha value is -2.69. The van der Waals surface area contributed by atoms with Crippen LogP contribution in [-0.2, 0) is 18.0 Å². The first-order valence-corrected chi connectivity index (χ1v) is 9.33. The molecule has 0 aliphatic heterocycles. The maximum absolute atomic E-state index is 11.3. The molecule has 0 amide bonds. The van der Waals surface area contributed by atoms with E-state index in [1.165, 1.54) is 6.92 Å². The van der Waals surface area contributed by atoms with Gasteiger partial charge in [-0.25, -0.2) is 0 Å². The van der Waals surface area contributed by atoms with Gasteiger partial charge in [0.25, 0.3) is 0 Å². The Morgan fingerprint density at radius 3 is 1.61 bits per heavy atom. The van der Waals surface area contributed by atoms with Gasteiger partial charge >= 0.3 is 5.97 Å². The Labute approximate surface area is 173 Å². The Balaban J connectivity index is 1.77. The second kappa shape index (κ2) is 9.49. The van der Waals surface area contributed by atoms with E-state index in [2.05, 4.69) is 0 Å². The van der Waals surface area contributed by atoms with Crippen LogP contribution in [0.4, 0.5) is 0 Å². The molecule has 3 aromatic rings. The predicted molar refractivity (Wildman–Crippen MR) is 109 cm³/mol. The molecule has 0 saturated heterocycles. The highest BCUT2D eigenvalue weighted by Gasteiger charge is 2.09. The summed E-state index contributed by atoms with van der Waals surface area (Å²) in [6, 6.07) is 19.8. The lowest BCUT2D eigenvalue weighted by atomic mass is 10.2. The monoisotopic (exact) mass is 416 g/mol. The van der Waals surface area contributed by atoms with Crippen LogP contribution >= 0.6 is 23.2 Å². The normalized spacial score (nSPS) is 10.4. The number of carbonyl (C=O) groups excluding carboxylic acids is 1. The van der Waals surface area contributed by atoms with Crippen LogP contribution in [0.25, 0.3) is 0 Å². The summed E-state index contributed by atoms with van der Waals surface area (Å²) in [7, 11) is 0. The van der Waals surface area contributed by atoms with Gasteiger partial charge in [-0.1, -0.05) is 59.6 Å². The van der Waals surface area contributed by atoms with Gasteiger partial charge in [0.1, 0.15) is 30.5 Å². The summed E-state index contributed by atoms with van der Waals surface area (Å²) >= 11 is 12.3. The van der Waals surface area contributed by atoms with E-state index in [0.29, 0.717) is 27.3 Å². The molecule has 0 heterocycles. The van der Waals surface area contributed by atoms with Crippen molar-refractivity contribution in [1.29, 1.82) is 0 Å². The van der Waals surface area contributed by atoms with Gasteiger partial charge in [0.15, 0.2) is 0 Å². The molecule has 0 fully saturated rings. The molecule has 0 aliphatic carbocycles. The van der Waals surface area contributed by atoms with E-state index < -0.39 is 5.97 Å². The summed E-state index contributed by atoms with van der Waals surface area (Å²) in [4.78, 5) is 11.3. The van der Waals surface area contributed by atoms with Crippen LogP contribution in [0.3, 0.4) is 0 Å². The van der Waals surface area contributed by atoms with Gasteiger partial charge in [-0.05, 0) is 12.1 Å². The zero-order valence-electron chi connectivity index (χ0n) is 15.2. The Morgan fingerprint density at radius 2 is 1.18 bits per heavy atom. The van der Waals surface area contributed by atoms with Gasteiger partial charge in [0.05, 0.1) is 0 Å². The summed E-state index contributed by atoms with van der Waals surface area (Å²) in [5.74, 6) is 0.888. The molecule has 3 rings (SSSR count). The Bertz CT molecular complexity index is 905. The standard InChI is InChI=1S/C22H18Cl2O4/c1-15(25)28-20-11-18(26-13-16-6-2-4-8-21(16)23)10-19(12-20)27-14-17-7-3-5-9-22(17)24/h2-12H,13-14H2,1H3. The maximum atomic E-state index is 11.3. The summed E-state index contributed by atoms with van der Waals surface area (Å²) in [5.41, 5.74) is 1.70. The fraction of sp³-hybridized carbons (Fsp3) is 0.136. The van der Waals surface area contributed by atoms with E-state index in [9.17, 15) is 4.79 Å². The molecule has 0 radical (unpaired) electrons. The van der Waals surface area contributed by atoms with Crippen molar-refractivity contribution in [2.24, 2.45) is 0 Å². The van der Waals surface area contributed by atoms with Crippen molar-refractivity contribution < 1.29 is 19.0 Å². The average Bonchev–Trinajstić information content (AvgIpc) is 2.66. The SMILES string of the molecule is CC(=O)Oc1cc(OCc2ccccc2Cl)cc(OCc2ccccc2Cl)c1. The first-order valence-electron chi connectivity index (χ1n) is 8.57. The topological polar surface area (TPSA) is 44.8 Å². The van der Waals surface area contributed by atoms with Crippen molar-refractivity contribution in [2.45, 2.75) is 20.1 Å². The quantitative estimate of drug-likeness (QED) is 0.345. The fourth-order valence-electron chi connectivity index (χ4n) is 2.49. The van der Waals surface area contributed by atoms with E-state index in [1.54, 1.807) is 30.3 Å². The first-order chi connectivity index (χ1) is 13.5. The minimum absolute atomic E-state index is 0.271. The molecule has 0 bridgehead atoms. The lowest BCUT2D eigenvalue weighted by Crippen LogP contribution is -2.03. The molecule has 0 aromatic heterocycles. The second-order valence-corrected chi connectivity index (χ2v) is 6.81. The number of ether oxygens (including phenoxy) is 3. The largest absolute Gasteiger partial charge is 0.489 e. The zero-order chi connectivity index (χ0) is 19.9. The molecule has 0 unspecified atom stereocenters. The number of rotatable bonds is 7. The highest BCUT2D eigenvalue weighted by molar-refractivity contribution is 6.31. The molecule has 4 nitrogen and oxygen atoms in total. The number of hydrogen-bond acceptors (Lipinski definition) is 4. The zero-order valence-corrected chi connectivity index (χ0v) is 16.7. The van der Waals surface area contributed by atoms with Crippen LogP contribution in [0.2, 0.25) is 10.0 Å². The van der Waals surface area contributed by atoms with Crippen LogP contribution in [0.5, 0.6) is 17.2 Å². The molecule has 0 atom stereocenters. The van der Waals surface area contributed by atoms with Crippen LogP contribution in [0.1, 0.15) is 18.1 Å². The summed E-state index contributed by atoms with van der Waals surface area (Å²) in [6.45, 7) is 1.88. The number of benzene rings is 3. The number of esters is 1. The highest BCUT2D eigenvalue weighted by Crippen LogP contribution is 2.30. The molecule has 0 saturated carbocycles. The third-order valence-corrected chi connectivity index (χ3v) is 4.56. The highest BCUT2D eigenvalue weighted by atomic mass is 35.5. The van der Waals surface area contributed by atoms with Crippen LogP contribution in [0.15, 0.2) is 66.7 Å². The molecule has 28 heavy (non-hydrogen) atoms. The summed E-state index contributed by atoms with van der Waals surface area (Å²) in [6.07, 6.45) is 0. The molecule has 0 aliphatic rings. The molecule has 0 spiro atoms. The van der Waals surface area contributed by atoms with Crippen LogP contribution < -0.4 is 14.2 Å². The molecule has 144 valence electrons. The molecule has 0 N–H and O–H groups in total. The number of hydrogen-bond donors (Lipinski definition) is 0. The van der Waals surface area contributed by atoms with E-state index in [-0.39, 0.29) is 13.2 Å². The molecule has 3 aromatic carbocycles. The average molecular weight is 417 g/mol. The molecular weight excluding hydrogens is 399 g/mol. The predicted octanol–water partition coefficient (Wildman–Crippen LogP) is 6.08. The van der Waals surface area contributed by atoms with E-state index in [4.69, 9.17) is 37.4 Å². The third kappa shape index (κ3) is 5.65. The van der Waals surface area contributed by atoms with Gasteiger partial charge in [0, 0.05) is 46.3 Å². The van der Waals surface area contributed by atoms with Gasteiger partial charge in [-0.3, -0.25) is 4.79 Å². The third-order valence-electron chi connectivity index (χ3n) is 3.82. The smallest absolute Gasteiger partial charge is 0.308 e. The summed E-state index contributed by atoms with van der Waals surface area (Å²) < 4.78 is 16.9. The molecular formula is C22H18Cl2O4.